The van der Waals surface area contributed by atoms with Gasteiger partial charge in [0, 0.05) is 72.1 Å². The van der Waals surface area contributed by atoms with Crippen LogP contribution in [0, 0.1) is 23.7 Å². The molecule has 9 heteroatoms. The van der Waals surface area contributed by atoms with Gasteiger partial charge in [0.25, 0.3) is 0 Å². The van der Waals surface area contributed by atoms with Crippen molar-refractivity contribution in [3.8, 4) is 23.0 Å². The van der Waals surface area contributed by atoms with Gasteiger partial charge in [0.1, 0.15) is 0 Å². The van der Waals surface area contributed by atoms with Gasteiger partial charge in [-0.15, -0.1) is 0 Å². The molecular formula is C55H67N3O6. The highest BCUT2D eigenvalue weighted by Gasteiger charge is 2.32. The van der Waals surface area contributed by atoms with Crippen LogP contribution in [0.25, 0.3) is 11.1 Å². The molecule has 0 saturated carbocycles. The third kappa shape index (κ3) is 11.8. The fourth-order valence-corrected chi connectivity index (χ4v) is 8.59. The molecule has 2 aliphatic heterocycles. The molecule has 0 saturated heterocycles. The molecule has 0 fully saturated rings. The molecule has 4 aromatic rings. The Hall–Kier alpha value is -5.96. The zero-order chi connectivity index (χ0) is 45.8. The third-order valence-corrected chi connectivity index (χ3v) is 12.7. The summed E-state index contributed by atoms with van der Waals surface area (Å²) in [5.74, 6) is 2.11. The number of ketones is 2. The SMILES string of the molecule is C/C=C(\CC1C=Nc2cc(OCCCOc3cc4c(cc3OC)C(=O)C(C)C(C)C(C/C(=C\C)c3ccc(NC(C)C)cc3)C=N4)c(OC)cc2C(=O)CCC1)c1ccc(CC)cc1. The molecule has 0 bridgehead atoms. The number of anilines is 1. The molecule has 9 nitrogen and oxygen atoms in total. The molecular weight excluding hydrogens is 799 g/mol. The Morgan fingerprint density at radius 1 is 0.750 bits per heavy atom. The summed E-state index contributed by atoms with van der Waals surface area (Å²) in [4.78, 5) is 37.3. The van der Waals surface area contributed by atoms with Crippen molar-refractivity contribution in [1.82, 2.24) is 0 Å². The summed E-state index contributed by atoms with van der Waals surface area (Å²) in [7, 11) is 3.16. The molecule has 2 aliphatic rings. The lowest BCUT2D eigenvalue weighted by Gasteiger charge is -2.29. The molecule has 1 N–H and O–H groups in total. The van der Waals surface area contributed by atoms with Crippen LogP contribution >= 0.6 is 0 Å². The summed E-state index contributed by atoms with van der Waals surface area (Å²) in [6.45, 7) is 15.4. The maximum atomic E-state index is 14.0. The van der Waals surface area contributed by atoms with Crippen LogP contribution in [0.5, 0.6) is 23.0 Å². The minimum atomic E-state index is -0.233. The van der Waals surface area contributed by atoms with Crippen molar-refractivity contribution in [3.05, 3.63) is 113 Å². The molecule has 4 unspecified atom stereocenters. The van der Waals surface area contributed by atoms with Gasteiger partial charge in [0.2, 0.25) is 0 Å². The van der Waals surface area contributed by atoms with Crippen molar-refractivity contribution < 1.29 is 28.5 Å². The van der Waals surface area contributed by atoms with E-state index in [-0.39, 0.29) is 35.2 Å². The van der Waals surface area contributed by atoms with E-state index in [0.29, 0.717) is 77.6 Å². The number of rotatable bonds is 17. The number of benzene rings is 4. The smallest absolute Gasteiger partial charge is 0.168 e. The molecule has 4 aromatic carbocycles. The lowest BCUT2D eigenvalue weighted by Crippen LogP contribution is -2.28. The molecule has 2 heterocycles. The standard InChI is InChI=1S/C55H67N3O6/c1-10-38-17-19-42(20-18-38)40(11-2)27-39-15-13-16-50(59)46-29-51(61-8)53(31-48(46)56-33-39)63-25-14-26-64-54-32-49-47(30-52(54)62-9)55(60)37(7)36(6)44(34-57-49)28-41(12-3)43-21-23-45(24-22-43)58-35(4)5/h11-12,17-24,29-37,39,44,58H,10,13-16,25-28H2,1-9H3/b40-11+,41-12+,56-33?,57-34?. The molecule has 0 radical (unpaired) electrons. The van der Waals surface area contributed by atoms with Crippen LogP contribution in [-0.4, -0.2) is 57.5 Å². The first kappa shape index (κ1) is 47.5. The summed E-state index contributed by atoms with van der Waals surface area (Å²) in [6, 6.07) is 24.8. The number of hydrogen-bond acceptors (Lipinski definition) is 9. The van der Waals surface area contributed by atoms with E-state index in [2.05, 4.69) is 108 Å². The Morgan fingerprint density at radius 2 is 1.31 bits per heavy atom. The lowest BCUT2D eigenvalue weighted by molar-refractivity contribution is 0.0878. The lowest BCUT2D eigenvalue weighted by atomic mass is 9.76. The number of fused-ring (bicyclic) bond motifs is 2. The highest BCUT2D eigenvalue weighted by atomic mass is 16.5. The van der Waals surface area contributed by atoms with Crippen LogP contribution in [0.1, 0.15) is 124 Å². The van der Waals surface area contributed by atoms with E-state index in [1.54, 1.807) is 26.4 Å². The van der Waals surface area contributed by atoms with Gasteiger partial charge >= 0.3 is 0 Å². The number of hydrogen-bond donors (Lipinski definition) is 1. The number of nitrogens with zero attached hydrogens (tertiary/aromatic N) is 2. The summed E-state index contributed by atoms with van der Waals surface area (Å²) >= 11 is 0. The highest BCUT2D eigenvalue weighted by Crippen LogP contribution is 2.41. The summed E-state index contributed by atoms with van der Waals surface area (Å²) in [5.41, 5.74) is 9.50. The van der Waals surface area contributed by atoms with Crippen LogP contribution < -0.4 is 24.3 Å². The molecule has 6 rings (SSSR count). The predicted octanol–water partition coefficient (Wildman–Crippen LogP) is 13.4. The van der Waals surface area contributed by atoms with Crippen molar-refractivity contribution in [2.75, 3.05) is 32.8 Å². The van der Waals surface area contributed by atoms with E-state index in [9.17, 15) is 9.59 Å². The second-order valence-electron chi connectivity index (χ2n) is 17.4. The summed E-state index contributed by atoms with van der Waals surface area (Å²) in [6.07, 6.45) is 13.6. The van der Waals surface area contributed by atoms with Gasteiger partial charge in [0.15, 0.2) is 34.6 Å². The first-order valence-corrected chi connectivity index (χ1v) is 23.1. The van der Waals surface area contributed by atoms with Crippen molar-refractivity contribution in [2.24, 2.45) is 33.7 Å². The largest absolute Gasteiger partial charge is 0.493 e. The fourth-order valence-electron chi connectivity index (χ4n) is 8.59. The van der Waals surface area contributed by atoms with E-state index < -0.39 is 0 Å². The number of allylic oxidation sites excluding steroid dienone is 4. The van der Waals surface area contributed by atoms with Crippen LogP contribution in [0.15, 0.2) is 94.9 Å². The number of nitrogens with one attached hydrogen (secondary N) is 1. The maximum absolute atomic E-state index is 14.0. The summed E-state index contributed by atoms with van der Waals surface area (Å²) in [5, 5.41) is 3.46. The minimum Gasteiger partial charge on any atom is -0.493 e. The van der Waals surface area contributed by atoms with Crippen LogP contribution in [0.3, 0.4) is 0 Å². The average molecular weight is 866 g/mol. The monoisotopic (exact) mass is 866 g/mol. The number of ether oxygens (including phenoxy) is 4. The van der Waals surface area contributed by atoms with Gasteiger partial charge in [-0.3, -0.25) is 19.6 Å². The van der Waals surface area contributed by atoms with Crippen LogP contribution in [0.4, 0.5) is 17.1 Å². The van der Waals surface area contributed by atoms with Crippen LogP contribution in [-0.2, 0) is 6.42 Å². The molecule has 0 spiro atoms. The van der Waals surface area contributed by atoms with E-state index in [0.717, 1.165) is 43.4 Å². The minimum absolute atomic E-state index is 0.0384. The molecule has 4 atom stereocenters. The van der Waals surface area contributed by atoms with Crippen molar-refractivity contribution in [1.29, 1.82) is 0 Å². The van der Waals surface area contributed by atoms with E-state index in [4.69, 9.17) is 28.9 Å². The zero-order valence-electron chi connectivity index (χ0n) is 39.3. The normalized spacial score (nSPS) is 19.2. The molecule has 0 aromatic heterocycles. The van der Waals surface area contributed by atoms with Gasteiger partial charge in [-0.1, -0.05) is 69.3 Å². The Balaban J connectivity index is 1.13. The topological polar surface area (TPSA) is 108 Å². The Morgan fingerprint density at radius 3 is 1.89 bits per heavy atom. The van der Waals surface area contributed by atoms with Gasteiger partial charge in [-0.2, -0.15) is 0 Å². The predicted molar refractivity (Wildman–Crippen MR) is 263 cm³/mol. The number of Topliss-reactive ketones (excluding diaryl/α,β-unsaturated/α-hetero) is 2. The molecule has 0 amide bonds. The Kier molecular flexibility index (Phi) is 16.8. The maximum Gasteiger partial charge on any atom is 0.168 e. The van der Waals surface area contributed by atoms with Gasteiger partial charge < -0.3 is 24.3 Å². The van der Waals surface area contributed by atoms with E-state index in [1.807, 2.05) is 31.5 Å². The van der Waals surface area contributed by atoms with E-state index in [1.165, 1.54) is 22.3 Å². The molecule has 64 heavy (non-hydrogen) atoms. The average Bonchev–Trinajstić information content (AvgIpc) is 3.38. The second kappa shape index (κ2) is 22.6. The van der Waals surface area contributed by atoms with Crippen LogP contribution in [0.2, 0.25) is 0 Å². The second-order valence-corrected chi connectivity index (χ2v) is 17.4. The highest BCUT2D eigenvalue weighted by molar-refractivity contribution is 6.04. The van der Waals surface area contributed by atoms with Gasteiger partial charge in [0.05, 0.1) is 38.8 Å². The molecule has 0 aliphatic carbocycles. The Bertz CT molecular complexity index is 2360. The van der Waals surface area contributed by atoms with Gasteiger partial charge in [-0.05, 0) is 124 Å². The number of carbonyl (C=O) groups is 2. The number of aliphatic imine (C=N–C) groups is 2. The van der Waals surface area contributed by atoms with Crippen molar-refractivity contribution in [2.45, 2.75) is 99.5 Å². The van der Waals surface area contributed by atoms with Crippen molar-refractivity contribution in [3.63, 3.8) is 0 Å². The number of carbonyl (C=O) groups excluding carboxylic acids is 2. The molecule has 338 valence electrons. The van der Waals surface area contributed by atoms with Crippen molar-refractivity contribution >= 4 is 52.2 Å². The van der Waals surface area contributed by atoms with Gasteiger partial charge in [-0.25, -0.2) is 0 Å². The fraction of sp³-hybridized carbons (Fsp3) is 0.418. The first-order valence-electron chi connectivity index (χ1n) is 23.1. The Labute approximate surface area is 381 Å². The summed E-state index contributed by atoms with van der Waals surface area (Å²) < 4.78 is 24.0. The zero-order valence-corrected chi connectivity index (χ0v) is 39.3. The number of methoxy groups -OCH3 is 2. The van der Waals surface area contributed by atoms with E-state index >= 15 is 0 Å². The quantitative estimate of drug-likeness (QED) is 0.105. The third-order valence-electron chi connectivity index (χ3n) is 12.7. The first-order chi connectivity index (χ1) is 31.0. The number of aryl methyl sites for hydroxylation is 1.